The highest BCUT2D eigenvalue weighted by molar-refractivity contribution is 5.82. The Labute approximate surface area is 457 Å². The summed E-state index contributed by atoms with van der Waals surface area (Å²) >= 11 is 0. The van der Waals surface area contributed by atoms with Gasteiger partial charge in [0.2, 0.25) is 0 Å². The molecular weight excluding hydrogens is 1030 g/mol. The number of allylic oxidation sites excluding steroid dienone is 1. The molecule has 450 valence electrons. The van der Waals surface area contributed by atoms with Gasteiger partial charge < -0.3 is 97.7 Å². The molecule has 0 unspecified atom stereocenters. The Bertz CT molecular complexity index is 1860. The molecule has 78 heavy (non-hydrogen) atoms. The van der Waals surface area contributed by atoms with Crippen molar-refractivity contribution in [3.63, 3.8) is 0 Å². The van der Waals surface area contributed by atoms with Crippen LogP contribution in [0, 0.1) is 11.8 Å². The zero-order valence-electron chi connectivity index (χ0n) is 46.4. The molecule has 24 atom stereocenters. The highest BCUT2D eigenvalue weighted by Gasteiger charge is 2.59. The maximum atomic E-state index is 13.9. The molecule has 0 radical (unpaired) electrons. The fourth-order valence-corrected chi connectivity index (χ4v) is 9.97. The molecule has 5 fully saturated rings. The molecule has 5 rings (SSSR count). The van der Waals surface area contributed by atoms with E-state index < -0.39 is 184 Å². The Kier molecular flexibility index (Phi) is 27.0. The van der Waals surface area contributed by atoms with Gasteiger partial charge in [-0.15, -0.1) is 0 Å². The van der Waals surface area contributed by atoms with E-state index in [0.717, 1.165) is 57.4 Å². The van der Waals surface area contributed by atoms with Gasteiger partial charge in [0.25, 0.3) is 0 Å². The van der Waals surface area contributed by atoms with Crippen molar-refractivity contribution in [1.29, 1.82) is 0 Å². The number of carbonyl (C=O) groups excluding carboxylic acids is 4. The molecular formula is C54H90O24. The predicted molar refractivity (Wildman–Crippen MR) is 270 cm³/mol. The summed E-state index contributed by atoms with van der Waals surface area (Å²) in [5, 5.41) is 91.2. The number of rotatable bonds is 16. The summed E-state index contributed by atoms with van der Waals surface area (Å²) in [6.45, 7) is 10.7. The van der Waals surface area contributed by atoms with E-state index in [0.29, 0.717) is 32.1 Å². The number of carbonyl (C=O) groups is 4. The van der Waals surface area contributed by atoms with Crippen molar-refractivity contribution >= 4 is 23.9 Å². The van der Waals surface area contributed by atoms with E-state index in [1.165, 1.54) is 26.8 Å². The maximum Gasteiger partial charge on any atom is 0.330 e. The number of unbranched alkanes of at least 4 members (excludes halogenated alkanes) is 2. The van der Waals surface area contributed by atoms with E-state index in [4.69, 9.17) is 56.8 Å². The normalized spacial score (nSPS) is 40.1. The highest BCUT2D eigenvalue weighted by Crippen LogP contribution is 2.39. The van der Waals surface area contributed by atoms with E-state index in [2.05, 4.69) is 6.92 Å². The van der Waals surface area contributed by atoms with Gasteiger partial charge in [0.05, 0.1) is 49.5 Å². The van der Waals surface area contributed by atoms with Gasteiger partial charge in [-0.3, -0.25) is 14.4 Å². The molecule has 0 aliphatic carbocycles. The molecule has 5 aliphatic heterocycles. The van der Waals surface area contributed by atoms with Gasteiger partial charge in [-0.2, -0.15) is 0 Å². The summed E-state index contributed by atoms with van der Waals surface area (Å²) in [6.07, 6.45) is -24.4. The number of esters is 4. The molecule has 0 amide bonds. The maximum absolute atomic E-state index is 13.9. The van der Waals surface area contributed by atoms with Crippen LogP contribution >= 0.6 is 0 Å². The van der Waals surface area contributed by atoms with E-state index in [1.54, 1.807) is 27.7 Å². The second-order valence-electron chi connectivity index (χ2n) is 21.4. The van der Waals surface area contributed by atoms with Crippen LogP contribution in [0.2, 0.25) is 0 Å². The van der Waals surface area contributed by atoms with Gasteiger partial charge in [-0.05, 0) is 60.3 Å². The molecule has 5 aliphatic rings. The monoisotopic (exact) mass is 1120 g/mol. The summed E-state index contributed by atoms with van der Waals surface area (Å²) in [7, 11) is 0. The van der Waals surface area contributed by atoms with Crippen molar-refractivity contribution in [1.82, 2.24) is 0 Å². The van der Waals surface area contributed by atoms with Crippen LogP contribution in [0.4, 0.5) is 0 Å². The average molecular weight is 1120 g/mol. The summed E-state index contributed by atoms with van der Waals surface area (Å²) in [6, 6.07) is 0. The molecule has 2 bridgehead atoms. The Hall–Kier alpha value is -3.02. The molecule has 5 saturated heterocycles. The number of ether oxygens (including phenoxy) is 12. The summed E-state index contributed by atoms with van der Waals surface area (Å²) in [5.41, 5.74) is 0. The lowest BCUT2D eigenvalue weighted by Crippen LogP contribution is -2.69. The molecule has 0 aromatic heterocycles. The van der Waals surface area contributed by atoms with Gasteiger partial charge >= 0.3 is 23.9 Å². The lowest BCUT2D eigenvalue weighted by molar-refractivity contribution is -0.409. The second kappa shape index (κ2) is 32.0. The number of aliphatic hydroxyl groups excluding tert-OH is 8. The van der Waals surface area contributed by atoms with Crippen molar-refractivity contribution in [2.75, 3.05) is 13.2 Å². The molecule has 0 aromatic rings. The quantitative estimate of drug-likeness (QED) is 0.0471. The molecule has 24 nitrogen and oxygen atoms in total. The van der Waals surface area contributed by atoms with Crippen LogP contribution in [0.3, 0.4) is 0 Å². The Balaban J connectivity index is 1.70. The Morgan fingerprint density at radius 1 is 0.628 bits per heavy atom. The van der Waals surface area contributed by atoms with E-state index in [9.17, 15) is 60.0 Å². The molecule has 24 heteroatoms. The lowest BCUT2D eigenvalue weighted by atomic mass is 9.95. The van der Waals surface area contributed by atoms with Crippen LogP contribution in [-0.4, -0.2) is 213 Å². The summed E-state index contributed by atoms with van der Waals surface area (Å²) in [4.78, 5) is 53.9. The van der Waals surface area contributed by atoms with Crippen LogP contribution in [-0.2, 0) is 76.0 Å². The summed E-state index contributed by atoms with van der Waals surface area (Å²) in [5.74, 6) is -5.47. The first-order chi connectivity index (χ1) is 37.2. The molecule has 8 N–H and O–H groups in total. The number of hydrogen-bond donors (Lipinski definition) is 8. The minimum absolute atomic E-state index is 0.116. The minimum atomic E-state index is -2.00. The minimum Gasteiger partial charge on any atom is -0.455 e. The number of hydrogen-bond acceptors (Lipinski definition) is 24. The van der Waals surface area contributed by atoms with Crippen LogP contribution in [0.1, 0.15) is 145 Å². The smallest absolute Gasteiger partial charge is 0.330 e. The van der Waals surface area contributed by atoms with Gasteiger partial charge in [-0.1, -0.05) is 84.6 Å². The Morgan fingerprint density at radius 3 is 1.88 bits per heavy atom. The van der Waals surface area contributed by atoms with Crippen molar-refractivity contribution in [3.05, 3.63) is 12.2 Å². The van der Waals surface area contributed by atoms with E-state index >= 15 is 0 Å². The largest absolute Gasteiger partial charge is 0.455 e. The van der Waals surface area contributed by atoms with Crippen LogP contribution in [0.25, 0.3) is 0 Å². The number of aliphatic hydroxyl groups is 8. The topological polar surface area (TPSA) is 341 Å². The van der Waals surface area contributed by atoms with Gasteiger partial charge in [-0.25, -0.2) is 4.79 Å². The fourth-order valence-electron chi connectivity index (χ4n) is 9.97. The third-order valence-electron chi connectivity index (χ3n) is 15.3. The van der Waals surface area contributed by atoms with Crippen molar-refractivity contribution < 1.29 is 117 Å². The van der Waals surface area contributed by atoms with Gasteiger partial charge in [0, 0.05) is 12.5 Å². The van der Waals surface area contributed by atoms with Crippen molar-refractivity contribution in [2.45, 2.75) is 280 Å². The van der Waals surface area contributed by atoms with Crippen LogP contribution < -0.4 is 0 Å². The third kappa shape index (κ3) is 17.5. The predicted octanol–water partition coefficient (Wildman–Crippen LogP) is 1.65. The zero-order chi connectivity index (χ0) is 57.4. The number of fused-ring (bicyclic) bond motifs is 4. The summed E-state index contributed by atoms with van der Waals surface area (Å²) < 4.78 is 74.7. The zero-order valence-corrected chi connectivity index (χ0v) is 46.4. The van der Waals surface area contributed by atoms with Crippen LogP contribution in [0.15, 0.2) is 12.2 Å². The first-order valence-electron chi connectivity index (χ1n) is 28.2. The third-order valence-corrected chi connectivity index (χ3v) is 15.3. The average Bonchev–Trinajstić information content (AvgIpc) is 3.50. The first kappa shape index (κ1) is 65.8. The van der Waals surface area contributed by atoms with Crippen LogP contribution in [0.5, 0.6) is 0 Å². The lowest BCUT2D eigenvalue weighted by Gasteiger charge is -2.51. The SMILES string of the molecule is C/C=C\C(=O)O[C@@H]1[C@@H](O)[C@@H](OC(=O)[C@@H](C)[C@@H](C)O)[C@H](O[C@H]2[C@@H]3O[C@H]4[C@H](O[C@@H](CCCCC)CCCCCCCCCC(=O)O[C@@H]5[C@H](O[C@H]2[C@H](O)[C@@H](CO)O3)O[C@H](CO)[C@@H](O)[C@@H]5OC(=O)[C@@H](C)CC)O[C@H](C)[C@@H](O)[C@@H]4O)O[C@H]1C. The molecule has 5 heterocycles. The first-order valence-corrected chi connectivity index (χ1v) is 28.2. The van der Waals surface area contributed by atoms with Gasteiger partial charge in [0.1, 0.15) is 61.0 Å². The second-order valence-corrected chi connectivity index (χ2v) is 21.4. The molecule has 0 aromatic carbocycles. The molecule has 0 spiro atoms. The molecule has 0 saturated carbocycles. The van der Waals surface area contributed by atoms with E-state index in [1.807, 2.05) is 0 Å². The van der Waals surface area contributed by atoms with Crippen molar-refractivity contribution in [3.8, 4) is 0 Å². The Morgan fingerprint density at radius 2 is 1.24 bits per heavy atom. The fraction of sp³-hybridized carbons (Fsp3) is 0.889. The highest BCUT2D eigenvalue weighted by atomic mass is 16.8. The van der Waals surface area contributed by atoms with E-state index in [-0.39, 0.29) is 6.42 Å². The van der Waals surface area contributed by atoms with Gasteiger partial charge in [0.15, 0.2) is 49.6 Å². The standard InChI is InChI=1S/C54H90O24/c1-9-12-18-22-32-23-19-16-14-13-15-17-20-24-36(59)73-47-43(74-49(65)27(4)11-3)38(61)33(25-55)70-53(47)76-44-39(62)34(26-56)71-54(77-45-40(63)37(60)30(7)67-51(45)69-32)48(44)78-52-46(75-50(66)28(5)29(6)57)41(64)42(31(8)68-52)72-35(58)21-10-2/h10,21,27-34,37-48,51-57,60-64H,9,11-20,22-26H2,1-8H3/b21-10-/t27-,28-,29+,30+,31-,32-,33+,34+,37+,38+,39+,40-,41+,42-,43-,44-,45+,46+,47-,48+,51-,52-,53-,54-/m0/s1. The van der Waals surface area contributed by atoms with Crippen molar-refractivity contribution in [2.24, 2.45) is 11.8 Å².